The number of furan rings is 1. The second kappa shape index (κ2) is 7.56. The van der Waals surface area contributed by atoms with Gasteiger partial charge in [-0.2, -0.15) is 0 Å². The van der Waals surface area contributed by atoms with Crippen LogP contribution in [0, 0.1) is 19.8 Å². The summed E-state index contributed by atoms with van der Waals surface area (Å²) in [4.78, 5) is 12.5. The fourth-order valence-corrected chi connectivity index (χ4v) is 3.88. The molecule has 0 radical (unpaired) electrons. The number of allylic oxidation sites excluding steroid dienone is 1. The molecule has 1 aliphatic carbocycles. The highest BCUT2D eigenvalue weighted by Gasteiger charge is 2.22. The average molecular weight is 355 g/mol. The zero-order chi connectivity index (χ0) is 18.8. The number of ether oxygens (including phenoxy) is 1. The number of amides is 1. The van der Waals surface area contributed by atoms with E-state index in [1.54, 1.807) is 13.2 Å². The zero-order valence-electron chi connectivity index (χ0n) is 16.4. The molecule has 3 rings (SSSR count). The molecule has 1 N–H and O–H groups in total. The Bertz CT molecular complexity index is 847. The van der Waals surface area contributed by atoms with Crippen LogP contribution in [0.5, 0.6) is 5.75 Å². The molecular formula is C22H29NO3. The molecule has 1 fully saturated rings. The standard InChI is InChI=1S/C22H29NO3/c1-13-8-6-7-9-19(13)23-22(24)10-14(2)17-11-18-15(3)16(4)26-21(18)12-20(17)25-5/h10-13,19H,6-9H2,1-5H3,(H,23,24)/b14-10+. The van der Waals surface area contributed by atoms with E-state index in [1.165, 1.54) is 19.3 Å². The van der Waals surface area contributed by atoms with Crippen LogP contribution in [-0.2, 0) is 4.79 Å². The van der Waals surface area contributed by atoms with Gasteiger partial charge in [0, 0.05) is 29.1 Å². The van der Waals surface area contributed by atoms with Crippen LogP contribution >= 0.6 is 0 Å². The lowest BCUT2D eigenvalue weighted by Crippen LogP contribution is -2.40. The monoisotopic (exact) mass is 355 g/mol. The van der Waals surface area contributed by atoms with Crippen LogP contribution in [0.3, 0.4) is 0 Å². The lowest BCUT2D eigenvalue weighted by Gasteiger charge is -2.29. The van der Waals surface area contributed by atoms with Crippen LogP contribution in [0.2, 0.25) is 0 Å². The lowest BCUT2D eigenvalue weighted by atomic mass is 9.86. The van der Waals surface area contributed by atoms with Crippen molar-refractivity contribution in [3.63, 3.8) is 0 Å². The fraction of sp³-hybridized carbons (Fsp3) is 0.500. The Balaban J connectivity index is 1.87. The van der Waals surface area contributed by atoms with E-state index in [1.807, 2.05) is 26.8 Å². The SMILES string of the molecule is COc1cc2oc(C)c(C)c2cc1/C(C)=C/C(=O)NC1CCCCC1C. The predicted octanol–water partition coefficient (Wildman–Crippen LogP) is 5.16. The van der Waals surface area contributed by atoms with Crippen LogP contribution < -0.4 is 10.1 Å². The third kappa shape index (κ3) is 3.64. The van der Waals surface area contributed by atoms with E-state index >= 15 is 0 Å². The molecule has 4 nitrogen and oxygen atoms in total. The van der Waals surface area contributed by atoms with E-state index in [-0.39, 0.29) is 11.9 Å². The molecule has 26 heavy (non-hydrogen) atoms. The molecule has 1 saturated carbocycles. The number of benzene rings is 1. The van der Waals surface area contributed by atoms with Crippen molar-refractivity contribution in [3.05, 3.63) is 35.1 Å². The van der Waals surface area contributed by atoms with Crippen LogP contribution in [0.4, 0.5) is 0 Å². The second-order valence-electron chi connectivity index (χ2n) is 7.54. The van der Waals surface area contributed by atoms with Crippen LogP contribution in [0.25, 0.3) is 16.5 Å². The summed E-state index contributed by atoms with van der Waals surface area (Å²) in [6.07, 6.45) is 6.41. The number of fused-ring (bicyclic) bond motifs is 1. The molecule has 0 spiro atoms. The first-order valence-electron chi connectivity index (χ1n) is 9.47. The molecule has 1 aliphatic rings. The molecule has 1 heterocycles. The smallest absolute Gasteiger partial charge is 0.244 e. The Morgan fingerprint density at radius 2 is 2.00 bits per heavy atom. The number of aryl methyl sites for hydroxylation is 2. The average Bonchev–Trinajstić information content (AvgIpc) is 2.89. The van der Waals surface area contributed by atoms with Gasteiger partial charge in [0.15, 0.2) is 0 Å². The van der Waals surface area contributed by atoms with Gasteiger partial charge >= 0.3 is 0 Å². The molecule has 0 aliphatic heterocycles. The molecule has 2 unspecified atom stereocenters. The number of carbonyl (C=O) groups is 1. The number of methoxy groups -OCH3 is 1. The van der Waals surface area contributed by atoms with Gasteiger partial charge in [-0.05, 0) is 56.7 Å². The number of nitrogens with one attached hydrogen (secondary N) is 1. The first kappa shape index (κ1) is 18.6. The van der Waals surface area contributed by atoms with Crippen molar-refractivity contribution >= 4 is 22.4 Å². The number of rotatable bonds is 4. The maximum absolute atomic E-state index is 12.5. The summed E-state index contributed by atoms with van der Waals surface area (Å²) in [6, 6.07) is 4.24. The second-order valence-corrected chi connectivity index (χ2v) is 7.54. The molecule has 140 valence electrons. The number of hydrogen-bond acceptors (Lipinski definition) is 3. The Morgan fingerprint density at radius 1 is 1.27 bits per heavy atom. The highest BCUT2D eigenvalue weighted by molar-refractivity contribution is 5.97. The van der Waals surface area contributed by atoms with Crippen molar-refractivity contribution in [1.29, 1.82) is 0 Å². The van der Waals surface area contributed by atoms with E-state index in [0.717, 1.165) is 45.6 Å². The minimum atomic E-state index is -0.0245. The molecule has 1 aromatic carbocycles. The van der Waals surface area contributed by atoms with E-state index in [9.17, 15) is 4.79 Å². The van der Waals surface area contributed by atoms with Gasteiger partial charge in [0.2, 0.25) is 5.91 Å². The van der Waals surface area contributed by atoms with Gasteiger partial charge in [-0.1, -0.05) is 19.8 Å². The quantitative estimate of drug-likeness (QED) is 0.771. The molecule has 2 aromatic rings. The summed E-state index contributed by atoms with van der Waals surface area (Å²) < 4.78 is 11.3. The number of carbonyl (C=O) groups excluding carboxylic acids is 1. The minimum absolute atomic E-state index is 0.0245. The summed E-state index contributed by atoms with van der Waals surface area (Å²) in [5, 5.41) is 4.25. The summed E-state index contributed by atoms with van der Waals surface area (Å²) in [5.41, 5.74) is 3.75. The summed E-state index contributed by atoms with van der Waals surface area (Å²) in [7, 11) is 1.64. The van der Waals surface area contributed by atoms with E-state index in [0.29, 0.717) is 5.92 Å². The molecular weight excluding hydrogens is 326 g/mol. The third-order valence-electron chi connectivity index (χ3n) is 5.71. The molecule has 0 saturated heterocycles. The normalized spacial score (nSPS) is 21.0. The maximum atomic E-state index is 12.5. The van der Waals surface area contributed by atoms with Gasteiger partial charge in [-0.25, -0.2) is 0 Å². The van der Waals surface area contributed by atoms with Crippen LogP contribution in [0.1, 0.15) is 56.4 Å². The van der Waals surface area contributed by atoms with Crippen molar-refractivity contribution < 1.29 is 13.9 Å². The van der Waals surface area contributed by atoms with Gasteiger partial charge in [0.1, 0.15) is 17.1 Å². The van der Waals surface area contributed by atoms with Gasteiger partial charge in [-0.15, -0.1) is 0 Å². The van der Waals surface area contributed by atoms with E-state index in [4.69, 9.17) is 9.15 Å². The van der Waals surface area contributed by atoms with Crippen molar-refractivity contribution in [1.82, 2.24) is 5.32 Å². The van der Waals surface area contributed by atoms with Gasteiger partial charge in [-0.3, -0.25) is 4.79 Å². The molecule has 0 bridgehead atoms. The third-order valence-corrected chi connectivity index (χ3v) is 5.71. The van der Waals surface area contributed by atoms with Crippen molar-refractivity contribution in [2.45, 2.75) is 59.4 Å². The van der Waals surface area contributed by atoms with Crippen molar-refractivity contribution in [2.75, 3.05) is 7.11 Å². The maximum Gasteiger partial charge on any atom is 0.244 e. The van der Waals surface area contributed by atoms with E-state index < -0.39 is 0 Å². The fourth-order valence-electron chi connectivity index (χ4n) is 3.88. The predicted molar refractivity (Wildman–Crippen MR) is 105 cm³/mol. The molecule has 2 atom stereocenters. The Kier molecular flexibility index (Phi) is 5.40. The lowest BCUT2D eigenvalue weighted by molar-refractivity contribution is -0.117. The minimum Gasteiger partial charge on any atom is -0.496 e. The molecule has 1 aromatic heterocycles. The number of hydrogen-bond donors (Lipinski definition) is 1. The highest BCUT2D eigenvalue weighted by Crippen LogP contribution is 2.34. The first-order valence-corrected chi connectivity index (χ1v) is 9.47. The van der Waals surface area contributed by atoms with Crippen LogP contribution in [-0.4, -0.2) is 19.1 Å². The summed E-state index contributed by atoms with van der Waals surface area (Å²) in [5.74, 6) is 2.15. The Morgan fingerprint density at radius 3 is 2.69 bits per heavy atom. The molecule has 4 heteroatoms. The van der Waals surface area contributed by atoms with Gasteiger partial charge in [0.05, 0.1) is 7.11 Å². The van der Waals surface area contributed by atoms with E-state index in [2.05, 4.69) is 18.3 Å². The van der Waals surface area contributed by atoms with Crippen molar-refractivity contribution in [2.24, 2.45) is 5.92 Å². The largest absolute Gasteiger partial charge is 0.496 e. The van der Waals surface area contributed by atoms with Crippen LogP contribution in [0.15, 0.2) is 22.6 Å². The Labute approximate surface area is 155 Å². The van der Waals surface area contributed by atoms with Gasteiger partial charge < -0.3 is 14.5 Å². The molecule has 1 amide bonds. The van der Waals surface area contributed by atoms with Gasteiger partial charge in [0.25, 0.3) is 0 Å². The Hall–Kier alpha value is -2.23. The summed E-state index contributed by atoms with van der Waals surface area (Å²) in [6.45, 7) is 8.19. The summed E-state index contributed by atoms with van der Waals surface area (Å²) >= 11 is 0. The highest BCUT2D eigenvalue weighted by atomic mass is 16.5. The van der Waals surface area contributed by atoms with Crippen molar-refractivity contribution in [3.8, 4) is 5.75 Å². The first-order chi connectivity index (χ1) is 12.4. The topological polar surface area (TPSA) is 51.5 Å². The zero-order valence-corrected chi connectivity index (χ0v) is 16.4.